The highest BCUT2D eigenvalue weighted by Gasteiger charge is 2.82. The molecule has 30 atom stereocenters. The Morgan fingerprint density at radius 1 is 0.573 bits per heavy atom. The van der Waals surface area contributed by atoms with E-state index in [4.69, 9.17) is 37.9 Å². The Morgan fingerprint density at radius 3 is 1.81 bits per heavy atom. The van der Waals surface area contributed by atoms with Crippen molar-refractivity contribution in [2.45, 2.75) is 255 Å². The molecule has 0 aromatic rings. The molecule has 2 spiro atoms. The molecule has 4 saturated heterocycles. The monoisotopic (exact) mass is 1070 g/mol. The van der Waals surface area contributed by atoms with E-state index in [9.17, 15) is 66.4 Å². The van der Waals surface area contributed by atoms with Gasteiger partial charge >= 0.3 is 0 Å². The first-order valence-corrected chi connectivity index (χ1v) is 27.8. The normalized spacial score (nSPS) is 54.5. The minimum absolute atomic E-state index is 0.00626. The first-order chi connectivity index (χ1) is 35.2. The largest absolute Gasteiger partial charge is 0.394 e. The summed E-state index contributed by atoms with van der Waals surface area (Å²) in [5.74, 6) is 1.25. The maximum atomic E-state index is 11.8. The lowest BCUT2D eigenvalue weighted by Gasteiger charge is -2.63. The van der Waals surface area contributed by atoms with Crippen LogP contribution in [0, 0.1) is 50.7 Å². The van der Waals surface area contributed by atoms with Crippen molar-refractivity contribution in [3.05, 3.63) is 11.6 Å². The lowest BCUT2D eigenvalue weighted by molar-refractivity contribution is -0.363. The van der Waals surface area contributed by atoms with E-state index in [0.717, 1.165) is 56.9 Å². The lowest BCUT2D eigenvalue weighted by Crippen LogP contribution is -2.64. The van der Waals surface area contributed by atoms with Crippen LogP contribution in [0.15, 0.2) is 11.6 Å². The zero-order chi connectivity index (χ0) is 54.6. The third kappa shape index (κ3) is 9.75. The predicted octanol–water partition coefficient (Wildman–Crippen LogP) is -0.536. The molecular formula is C54H90O21. The molecule has 5 saturated carbocycles. The summed E-state index contributed by atoms with van der Waals surface area (Å²) < 4.78 is 47.0. The summed E-state index contributed by atoms with van der Waals surface area (Å²) in [7, 11) is 0. The minimum Gasteiger partial charge on any atom is -0.394 e. The Kier molecular flexibility index (Phi) is 16.9. The number of aliphatic hydroxyl groups is 13. The van der Waals surface area contributed by atoms with Crippen LogP contribution >= 0.6 is 0 Å². The fourth-order valence-electron chi connectivity index (χ4n) is 16.9. The van der Waals surface area contributed by atoms with Crippen molar-refractivity contribution in [3.8, 4) is 0 Å². The molecule has 5 aliphatic carbocycles. The average molecular weight is 1080 g/mol. The molecule has 0 bridgehead atoms. The van der Waals surface area contributed by atoms with Crippen LogP contribution in [0.1, 0.15) is 120 Å². The Labute approximate surface area is 440 Å². The van der Waals surface area contributed by atoms with Crippen LogP contribution in [0.5, 0.6) is 0 Å². The van der Waals surface area contributed by atoms with Gasteiger partial charge in [0.15, 0.2) is 25.2 Å². The van der Waals surface area contributed by atoms with Gasteiger partial charge in [-0.3, -0.25) is 0 Å². The second-order valence-electron chi connectivity index (χ2n) is 25.7. The van der Waals surface area contributed by atoms with E-state index in [1.807, 2.05) is 13.0 Å². The molecule has 0 amide bonds. The summed E-state index contributed by atoms with van der Waals surface area (Å²) >= 11 is 0. The predicted molar refractivity (Wildman–Crippen MR) is 261 cm³/mol. The molecule has 0 unspecified atom stereocenters. The molecule has 432 valence electrons. The molecule has 0 aromatic carbocycles. The first kappa shape index (κ1) is 58.6. The van der Waals surface area contributed by atoms with Crippen molar-refractivity contribution >= 4 is 0 Å². The third-order valence-electron chi connectivity index (χ3n) is 21.7. The van der Waals surface area contributed by atoms with Gasteiger partial charge in [0.2, 0.25) is 0 Å². The number of fused-ring (bicyclic) bond motifs is 2. The standard InChI is InChI=1S/C54H90O21/c1-23(20-68-47-42(65)39(62)36(59)30(73-47)21-69-46-41(64)37(60)34(57)25(3)70-46)9-10-28(56)24(2)27-13-15-52(8)32-12-11-31-50(5,6)33(14-16-53(31)22-54(32,53)18-17-51(27,52)7)74-48-44(67)40(63)45(26(4)71-48)75-49-43(66)38(61)35(58)29(19-55)72-49/h9,24-49,55-67H,10-22H2,1-8H3/b23-9-/t24-,25+,26-,27+,28-,29+,30+,31-,32-,33-,34+,35+,36+,37-,38-,39-,40+,41+,42+,43+,44+,45-,46+,47+,48-,49-,51+,52-,53+,54-/m0/s1. The zero-order valence-electron chi connectivity index (χ0n) is 44.9. The van der Waals surface area contributed by atoms with Gasteiger partial charge < -0.3 is 104 Å². The van der Waals surface area contributed by atoms with E-state index in [0.29, 0.717) is 24.2 Å². The van der Waals surface area contributed by atoms with Gasteiger partial charge in [0.05, 0.1) is 44.2 Å². The van der Waals surface area contributed by atoms with E-state index in [-0.39, 0.29) is 45.7 Å². The molecule has 9 aliphatic rings. The Bertz CT molecular complexity index is 2000. The zero-order valence-corrected chi connectivity index (χ0v) is 44.9. The van der Waals surface area contributed by atoms with E-state index in [2.05, 4.69) is 34.6 Å². The molecule has 4 heterocycles. The quantitative estimate of drug-likeness (QED) is 0.0724. The second kappa shape index (κ2) is 21.7. The summed E-state index contributed by atoms with van der Waals surface area (Å²) in [6.07, 6.45) is -16.8. The van der Waals surface area contributed by atoms with Crippen LogP contribution < -0.4 is 0 Å². The van der Waals surface area contributed by atoms with Gasteiger partial charge in [-0.15, -0.1) is 0 Å². The van der Waals surface area contributed by atoms with Crippen LogP contribution in [0.25, 0.3) is 0 Å². The van der Waals surface area contributed by atoms with E-state index in [1.54, 1.807) is 6.92 Å². The fourth-order valence-corrected chi connectivity index (χ4v) is 16.9. The van der Waals surface area contributed by atoms with Gasteiger partial charge in [-0.2, -0.15) is 0 Å². The van der Waals surface area contributed by atoms with Gasteiger partial charge in [0, 0.05) is 0 Å². The summed E-state index contributed by atoms with van der Waals surface area (Å²) in [5.41, 5.74) is 1.00. The van der Waals surface area contributed by atoms with E-state index < -0.39 is 142 Å². The Morgan fingerprint density at radius 2 is 1.13 bits per heavy atom. The molecule has 0 aromatic heterocycles. The maximum absolute atomic E-state index is 11.8. The SMILES string of the molecule is C/C(=C/C[C@H](O)[C@@H](C)[C@H]1CC[C@@]2(C)[C@@H]3CC[C@H]4C(C)(C)[C@@H](O[C@@H]5O[C@@H](C)[C@H](O[C@@H]6O[C@H](CO)[C@@H](O)[C@H](O)[C@H]6O)[C@H](O)[C@H]5O)CC[C@@]45C[C@@]35CC[C@]12C)CO[C@@H]1O[C@H](CO[C@@H]2O[C@H](C)[C@@H](O)[C@H](O)[C@H]2O)[C@@H](O)[C@H](O)[C@H]1O. The average Bonchev–Trinajstić information content (AvgIpc) is 4.07. The second-order valence-corrected chi connectivity index (χ2v) is 25.7. The van der Waals surface area contributed by atoms with Crippen LogP contribution in [0.3, 0.4) is 0 Å². The highest BCUT2D eigenvalue weighted by Crippen LogP contribution is 2.89. The van der Waals surface area contributed by atoms with E-state index in [1.165, 1.54) is 13.3 Å². The van der Waals surface area contributed by atoms with Crippen LogP contribution in [0.4, 0.5) is 0 Å². The molecule has 75 heavy (non-hydrogen) atoms. The van der Waals surface area contributed by atoms with Crippen molar-refractivity contribution in [1.29, 1.82) is 0 Å². The smallest absolute Gasteiger partial charge is 0.187 e. The molecule has 21 nitrogen and oxygen atoms in total. The van der Waals surface area contributed by atoms with Crippen LogP contribution in [0.2, 0.25) is 0 Å². The molecule has 13 N–H and O–H groups in total. The number of hydrogen-bond donors (Lipinski definition) is 13. The first-order valence-electron chi connectivity index (χ1n) is 27.8. The molecule has 21 heteroatoms. The van der Waals surface area contributed by atoms with Crippen molar-refractivity contribution in [2.75, 3.05) is 19.8 Å². The van der Waals surface area contributed by atoms with Crippen LogP contribution in [-0.4, -0.2) is 221 Å². The molecule has 4 aliphatic heterocycles. The lowest BCUT2D eigenvalue weighted by atomic mass is 9.41. The molecule has 9 fully saturated rings. The maximum Gasteiger partial charge on any atom is 0.187 e. The molecule has 0 radical (unpaired) electrons. The summed E-state index contributed by atoms with van der Waals surface area (Å²) in [4.78, 5) is 0. The Hall–Kier alpha value is -1.10. The number of rotatable bonds is 15. The highest BCUT2D eigenvalue weighted by atomic mass is 16.7. The van der Waals surface area contributed by atoms with Gasteiger partial charge in [-0.25, -0.2) is 0 Å². The summed E-state index contributed by atoms with van der Waals surface area (Å²) in [5, 5.41) is 138. The summed E-state index contributed by atoms with van der Waals surface area (Å²) in [6, 6.07) is 0. The van der Waals surface area contributed by atoms with Crippen molar-refractivity contribution in [3.63, 3.8) is 0 Å². The number of ether oxygens (including phenoxy) is 8. The summed E-state index contributed by atoms with van der Waals surface area (Å²) in [6.45, 7) is 15.7. The van der Waals surface area contributed by atoms with Gasteiger partial charge in [-0.05, 0) is 136 Å². The fraction of sp³-hybridized carbons (Fsp3) is 0.963. The highest BCUT2D eigenvalue weighted by molar-refractivity contribution is 5.31. The number of hydrogen-bond acceptors (Lipinski definition) is 21. The van der Waals surface area contributed by atoms with Gasteiger partial charge in [-0.1, -0.05) is 46.3 Å². The van der Waals surface area contributed by atoms with Crippen molar-refractivity contribution in [1.82, 2.24) is 0 Å². The minimum atomic E-state index is -1.68. The Balaban J connectivity index is 0.777. The van der Waals surface area contributed by atoms with Crippen molar-refractivity contribution in [2.24, 2.45) is 50.7 Å². The van der Waals surface area contributed by atoms with Crippen LogP contribution in [-0.2, 0) is 37.9 Å². The third-order valence-corrected chi connectivity index (χ3v) is 21.7. The molecular weight excluding hydrogens is 985 g/mol. The van der Waals surface area contributed by atoms with Gasteiger partial charge in [0.1, 0.15) is 85.5 Å². The number of aliphatic hydroxyl groups excluding tert-OH is 13. The van der Waals surface area contributed by atoms with E-state index >= 15 is 0 Å². The molecule has 9 rings (SSSR count). The topological polar surface area (TPSA) is 337 Å². The van der Waals surface area contributed by atoms with Crippen molar-refractivity contribution < 1.29 is 104 Å². The van der Waals surface area contributed by atoms with Gasteiger partial charge in [0.25, 0.3) is 0 Å².